The Bertz CT molecular complexity index is 1160. The van der Waals surface area contributed by atoms with Gasteiger partial charge < -0.3 is 24.1 Å². The molecule has 35 heavy (non-hydrogen) atoms. The molecule has 2 heterocycles. The van der Waals surface area contributed by atoms with Crippen molar-refractivity contribution in [3.05, 3.63) is 52.9 Å². The Morgan fingerprint density at radius 2 is 1.83 bits per heavy atom. The van der Waals surface area contributed by atoms with E-state index in [0.29, 0.717) is 47.1 Å². The van der Waals surface area contributed by atoms with Crippen molar-refractivity contribution in [2.24, 2.45) is 5.92 Å². The maximum atomic E-state index is 12.8. The van der Waals surface area contributed by atoms with Gasteiger partial charge in [0, 0.05) is 23.6 Å². The molecule has 9 nitrogen and oxygen atoms in total. The van der Waals surface area contributed by atoms with Gasteiger partial charge in [-0.2, -0.15) is 4.98 Å². The number of hydrogen-bond acceptors (Lipinski definition) is 8. The second-order valence-electron chi connectivity index (χ2n) is 8.25. The Morgan fingerprint density at radius 3 is 2.51 bits per heavy atom. The highest BCUT2D eigenvalue weighted by Gasteiger charge is 2.26. The first-order valence-electron chi connectivity index (χ1n) is 11.4. The Labute approximate surface area is 209 Å². The first-order valence-corrected chi connectivity index (χ1v) is 11.8. The number of halogens is 1. The number of nitrogens with zero attached hydrogens (tertiary/aromatic N) is 3. The summed E-state index contributed by atoms with van der Waals surface area (Å²) in [6.45, 7) is 2.41. The number of amides is 1. The van der Waals surface area contributed by atoms with E-state index in [1.54, 1.807) is 33.5 Å². The quantitative estimate of drug-likeness (QED) is 0.471. The Morgan fingerprint density at radius 1 is 1.09 bits per heavy atom. The molecule has 0 bridgehead atoms. The molecule has 1 aromatic heterocycles. The van der Waals surface area contributed by atoms with Crippen molar-refractivity contribution in [1.82, 2.24) is 20.4 Å². The SMILES string of the molecule is COc1ccc(CNC(=O)C2CCN(Cc3nc(-c4ccccc4Cl)no3)CC2)c(OC)c1OC. The third-order valence-electron chi connectivity index (χ3n) is 6.14. The summed E-state index contributed by atoms with van der Waals surface area (Å²) in [5, 5.41) is 7.68. The number of hydrogen-bond donors (Lipinski definition) is 1. The van der Waals surface area contributed by atoms with Crippen LogP contribution in [0.3, 0.4) is 0 Å². The number of nitrogens with one attached hydrogen (secondary N) is 1. The van der Waals surface area contributed by atoms with E-state index in [1.165, 1.54) is 0 Å². The van der Waals surface area contributed by atoms with Crippen LogP contribution < -0.4 is 19.5 Å². The minimum absolute atomic E-state index is 0.0280. The summed E-state index contributed by atoms with van der Waals surface area (Å²) in [4.78, 5) is 19.5. The topological polar surface area (TPSA) is 99.0 Å². The van der Waals surface area contributed by atoms with Gasteiger partial charge in [0.2, 0.25) is 23.4 Å². The van der Waals surface area contributed by atoms with E-state index in [2.05, 4.69) is 20.4 Å². The van der Waals surface area contributed by atoms with Crippen LogP contribution in [-0.4, -0.2) is 55.4 Å². The molecule has 0 unspecified atom stereocenters. The minimum Gasteiger partial charge on any atom is -0.493 e. The maximum Gasteiger partial charge on any atom is 0.241 e. The van der Waals surface area contributed by atoms with Crippen molar-refractivity contribution in [3.63, 3.8) is 0 Å². The fraction of sp³-hybridized carbons (Fsp3) is 0.400. The number of benzene rings is 2. The van der Waals surface area contributed by atoms with Crippen molar-refractivity contribution < 1.29 is 23.5 Å². The number of methoxy groups -OCH3 is 3. The maximum absolute atomic E-state index is 12.8. The number of carbonyl (C=O) groups excluding carboxylic acids is 1. The van der Waals surface area contributed by atoms with Gasteiger partial charge in [0.05, 0.1) is 32.9 Å². The summed E-state index contributed by atoms with van der Waals surface area (Å²) >= 11 is 6.23. The summed E-state index contributed by atoms with van der Waals surface area (Å²) < 4.78 is 21.7. The molecule has 10 heteroatoms. The largest absolute Gasteiger partial charge is 0.493 e. The van der Waals surface area contributed by atoms with Crippen LogP contribution in [-0.2, 0) is 17.9 Å². The zero-order chi connectivity index (χ0) is 24.8. The molecule has 1 N–H and O–H groups in total. The molecule has 0 radical (unpaired) electrons. The molecule has 2 aromatic carbocycles. The average Bonchev–Trinajstić information content (AvgIpc) is 3.35. The predicted molar refractivity (Wildman–Crippen MR) is 131 cm³/mol. The lowest BCUT2D eigenvalue weighted by Crippen LogP contribution is -2.40. The molecule has 1 aliphatic rings. The molecular formula is C25H29ClN4O5. The zero-order valence-electron chi connectivity index (χ0n) is 20.0. The van der Waals surface area contributed by atoms with Gasteiger partial charge in [-0.15, -0.1) is 0 Å². The summed E-state index contributed by atoms with van der Waals surface area (Å²) in [7, 11) is 4.70. The Kier molecular flexibility index (Phi) is 8.09. The van der Waals surface area contributed by atoms with E-state index < -0.39 is 0 Å². The Hall–Kier alpha value is -3.30. The zero-order valence-corrected chi connectivity index (χ0v) is 20.8. The van der Waals surface area contributed by atoms with E-state index in [1.807, 2.05) is 24.3 Å². The summed E-state index contributed by atoms with van der Waals surface area (Å²) in [6, 6.07) is 11.1. The minimum atomic E-state index is -0.0567. The first-order chi connectivity index (χ1) is 17.0. The van der Waals surface area contributed by atoms with E-state index >= 15 is 0 Å². The first kappa shape index (κ1) is 24.8. The number of carbonyl (C=O) groups is 1. The molecule has 0 saturated carbocycles. The number of piperidine rings is 1. The highest BCUT2D eigenvalue weighted by molar-refractivity contribution is 6.33. The molecule has 4 rings (SSSR count). The van der Waals surface area contributed by atoms with Crippen LogP contribution >= 0.6 is 11.6 Å². The van der Waals surface area contributed by atoms with E-state index in [0.717, 1.165) is 37.1 Å². The van der Waals surface area contributed by atoms with Gasteiger partial charge in [0.15, 0.2) is 11.5 Å². The molecule has 3 aromatic rings. The van der Waals surface area contributed by atoms with Crippen LogP contribution in [0.5, 0.6) is 17.2 Å². The summed E-state index contributed by atoms with van der Waals surface area (Å²) in [5.74, 6) is 2.62. The number of ether oxygens (including phenoxy) is 3. The van der Waals surface area contributed by atoms with E-state index in [-0.39, 0.29) is 11.8 Å². The Balaban J connectivity index is 1.29. The van der Waals surface area contributed by atoms with Gasteiger partial charge in [-0.05, 0) is 50.2 Å². The lowest BCUT2D eigenvalue weighted by atomic mass is 9.96. The fourth-order valence-corrected chi connectivity index (χ4v) is 4.46. The predicted octanol–water partition coefficient (Wildman–Crippen LogP) is 3.94. The van der Waals surface area contributed by atoms with Gasteiger partial charge >= 0.3 is 0 Å². The molecule has 0 atom stereocenters. The molecule has 0 aliphatic carbocycles. The molecule has 186 valence electrons. The standard InChI is InChI=1S/C25H29ClN4O5/c1-32-20-9-8-17(22(33-2)23(20)34-3)14-27-25(31)16-10-12-30(13-11-16)15-21-28-24(29-35-21)18-6-4-5-7-19(18)26/h4-9,16H,10-15H2,1-3H3,(H,27,31). The van der Waals surface area contributed by atoms with Crippen LogP contribution in [0.2, 0.25) is 5.02 Å². The van der Waals surface area contributed by atoms with Crippen LogP contribution in [0.25, 0.3) is 11.4 Å². The van der Waals surface area contributed by atoms with Gasteiger partial charge in [-0.25, -0.2) is 0 Å². The van der Waals surface area contributed by atoms with Crippen molar-refractivity contribution >= 4 is 17.5 Å². The van der Waals surface area contributed by atoms with Gasteiger partial charge in [0.25, 0.3) is 0 Å². The molecular weight excluding hydrogens is 472 g/mol. The van der Waals surface area contributed by atoms with E-state index in [9.17, 15) is 4.79 Å². The van der Waals surface area contributed by atoms with Crippen molar-refractivity contribution in [3.8, 4) is 28.6 Å². The number of rotatable bonds is 9. The second kappa shape index (κ2) is 11.4. The average molecular weight is 501 g/mol. The number of likely N-dealkylation sites (tertiary alicyclic amines) is 1. The summed E-state index contributed by atoms with van der Waals surface area (Å²) in [5.41, 5.74) is 1.56. The van der Waals surface area contributed by atoms with Crippen molar-refractivity contribution in [1.29, 1.82) is 0 Å². The summed E-state index contributed by atoms with van der Waals surface area (Å²) in [6.07, 6.45) is 1.50. The lowest BCUT2D eigenvalue weighted by molar-refractivity contribution is -0.126. The normalized spacial score (nSPS) is 14.5. The van der Waals surface area contributed by atoms with Crippen LogP contribution in [0.1, 0.15) is 24.3 Å². The third kappa shape index (κ3) is 5.68. The molecule has 1 amide bonds. The number of aromatic nitrogens is 2. The monoisotopic (exact) mass is 500 g/mol. The third-order valence-corrected chi connectivity index (χ3v) is 6.47. The molecule has 0 spiro atoms. The van der Waals surface area contributed by atoms with Crippen LogP contribution in [0.4, 0.5) is 0 Å². The van der Waals surface area contributed by atoms with Gasteiger partial charge in [-0.3, -0.25) is 9.69 Å². The highest BCUT2D eigenvalue weighted by atomic mass is 35.5. The van der Waals surface area contributed by atoms with Crippen LogP contribution in [0.15, 0.2) is 40.9 Å². The van der Waals surface area contributed by atoms with Gasteiger partial charge in [-0.1, -0.05) is 28.9 Å². The van der Waals surface area contributed by atoms with Crippen molar-refractivity contribution in [2.45, 2.75) is 25.9 Å². The molecule has 1 fully saturated rings. The van der Waals surface area contributed by atoms with Crippen LogP contribution in [0, 0.1) is 5.92 Å². The van der Waals surface area contributed by atoms with E-state index in [4.69, 9.17) is 30.3 Å². The fourth-order valence-electron chi connectivity index (χ4n) is 4.24. The second-order valence-corrected chi connectivity index (χ2v) is 8.66. The van der Waals surface area contributed by atoms with Gasteiger partial charge in [0.1, 0.15) is 0 Å². The molecule has 1 aliphatic heterocycles. The molecule has 1 saturated heterocycles. The van der Waals surface area contributed by atoms with Crippen molar-refractivity contribution in [2.75, 3.05) is 34.4 Å². The smallest absolute Gasteiger partial charge is 0.241 e. The highest BCUT2D eigenvalue weighted by Crippen LogP contribution is 2.39. The lowest BCUT2D eigenvalue weighted by Gasteiger charge is -2.30.